The molecular formula is C17H22O. The molecule has 1 nitrogen and oxygen atoms in total. The van der Waals surface area contributed by atoms with Crippen LogP contribution in [0, 0.1) is 17.8 Å². The molecular weight excluding hydrogens is 220 g/mol. The normalized spacial score (nSPS) is 23.2. The van der Waals surface area contributed by atoms with Gasteiger partial charge in [0.05, 0.1) is 6.10 Å². The monoisotopic (exact) mass is 242 g/mol. The molecule has 0 heterocycles. The fourth-order valence-electron chi connectivity index (χ4n) is 2.51. The zero-order chi connectivity index (χ0) is 12.6. The largest absolute Gasteiger partial charge is 0.392 e. The van der Waals surface area contributed by atoms with E-state index in [9.17, 15) is 5.11 Å². The molecule has 1 aromatic carbocycles. The molecule has 2 rings (SSSR count). The molecule has 0 amide bonds. The fraction of sp³-hybridized carbons (Fsp3) is 0.529. The second kappa shape index (κ2) is 7.24. The Morgan fingerprint density at radius 3 is 2.67 bits per heavy atom. The Labute approximate surface area is 110 Å². The molecule has 96 valence electrons. The molecule has 1 N–H and O–H groups in total. The SMILES string of the molecule is O[C@@H]1CCCC[C@H]1C#CCCCc1ccccc1. The van der Waals surface area contributed by atoms with Crippen molar-refractivity contribution in [2.24, 2.45) is 5.92 Å². The van der Waals surface area contributed by atoms with Gasteiger partial charge in [0.15, 0.2) is 0 Å². The van der Waals surface area contributed by atoms with Gasteiger partial charge in [-0.3, -0.25) is 0 Å². The average Bonchev–Trinajstić information content (AvgIpc) is 2.42. The summed E-state index contributed by atoms with van der Waals surface area (Å²) >= 11 is 0. The molecule has 1 aliphatic rings. The smallest absolute Gasteiger partial charge is 0.0677 e. The van der Waals surface area contributed by atoms with Gasteiger partial charge in [-0.15, -0.1) is 5.92 Å². The van der Waals surface area contributed by atoms with E-state index in [0.29, 0.717) is 0 Å². The van der Waals surface area contributed by atoms with E-state index >= 15 is 0 Å². The van der Waals surface area contributed by atoms with E-state index in [2.05, 4.69) is 36.1 Å². The van der Waals surface area contributed by atoms with Gasteiger partial charge in [0.1, 0.15) is 0 Å². The second-order valence-corrected chi connectivity index (χ2v) is 5.12. The van der Waals surface area contributed by atoms with Gasteiger partial charge in [-0.1, -0.05) is 49.1 Å². The number of hydrogen-bond donors (Lipinski definition) is 1. The minimum Gasteiger partial charge on any atom is -0.392 e. The van der Waals surface area contributed by atoms with E-state index in [0.717, 1.165) is 38.5 Å². The molecule has 0 bridgehead atoms. The molecule has 0 aliphatic heterocycles. The third-order valence-electron chi connectivity index (χ3n) is 3.63. The molecule has 0 aromatic heterocycles. The van der Waals surface area contributed by atoms with Crippen LogP contribution in [0.5, 0.6) is 0 Å². The number of benzene rings is 1. The maximum atomic E-state index is 9.80. The van der Waals surface area contributed by atoms with Crippen LogP contribution in [0.4, 0.5) is 0 Å². The Balaban J connectivity index is 1.69. The average molecular weight is 242 g/mol. The van der Waals surface area contributed by atoms with Crippen molar-refractivity contribution >= 4 is 0 Å². The highest BCUT2D eigenvalue weighted by Gasteiger charge is 2.20. The lowest BCUT2D eigenvalue weighted by molar-refractivity contribution is 0.0969. The van der Waals surface area contributed by atoms with Crippen LogP contribution in [0.1, 0.15) is 44.1 Å². The lowest BCUT2D eigenvalue weighted by Gasteiger charge is -2.22. The van der Waals surface area contributed by atoms with Gasteiger partial charge in [0.25, 0.3) is 0 Å². The molecule has 1 heteroatoms. The van der Waals surface area contributed by atoms with Crippen molar-refractivity contribution < 1.29 is 5.11 Å². The van der Waals surface area contributed by atoms with Crippen LogP contribution in [0.2, 0.25) is 0 Å². The first kappa shape index (κ1) is 13.2. The van der Waals surface area contributed by atoms with Gasteiger partial charge in [-0.05, 0) is 31.2 Å². The quantitative estimate of drug-likeness (QED) is 0.634. The predicted molar refractivity (Wildman–Crippen MR) is 75.1 cm³/mol. The molecule has 1 fully saturated rings. The highest BCUT2D eigenvalue weighted by molar-refractivity contribution is 5.15. The summed E-state index contributed by atoms with van der Waals surface area (Å²) in [7, 11) is 0. The minimum atomic E-state index is -0.180. The van der Waals surface area contributed by atoms with Crippen LogP contribution < -0.4 is 0 Å². The summed E-state index contributed by atoms with van der Waals surface area (Å²) in [6.07, 6.45) is 7.37. The molecule has 0 saturated heterocycles. The van der Waals surface area contributed by atoms with E-state index in [1.807, 2.05) is 6.07 Å². The van der Waals surface area contributed by atoms with Crippen LogP contribution in [-0.2, 0) is 6.42 Å². The molecule has 0 radical (unpaired) electrons. The zero-order valence-corrected chi connectivity index (χ0v) is 10.9. The number of aryl methyl sites for hydroxylation is 1. The van der Waals surface area contributed by atoms with Crippen molar-refractivity contribution in [1.29, 1.82) is 0 Å². The van der Waals surface area contributed by atoms with E-state index < -0.39 is 0 Å². The summed E-state index contributed by atoms with van der Waals surface area (Å²) in [5, 5.41) is 9.80. The van der Waals surface area contributed by atoms with Crippen molar-refractivity contribution in [2.75, 3.05) is 0 Å². The van der Waals surface area contributed by atoms with Gasteiger partial charge in [0, 0.05) is 12.3 Å². The number of rotatable bonds is 3. The molecule has 1 aliphatic carbocycles. The van der Waals surface area contributed by atoms with Crippen LogP contribution in [0.25, 0.3) is 0 Å². The van der Waals surface area contributed by atoms with Gasteiger partial charge in [-0.2, -0.15) is 0 Å². The van der Waals surface area contributed by atoms with Crippen LogP contribution >= 0.6 is 0 Å². The zero-order valence-electron chi connectivity index (χ0n) is 10.9. The summed E-state index contributed by atoms with van der Waals surface area (Å²) in [4.78, 5) is 0. The van der Waals surface area contributed by atoms with E-state index in [4.69, 9.17) is 0 Å². The summed E-state index contributed by atoms with van der Waals surface area (Å²) in [6.45, 7) is 0. The molecule has 1 saturated carbocycles. The first-order valence-electron chi connectivity index (χ1n) is 7.06. The third-order valence-corrected chi connectivity index (χ3v) is 3.63. The Bertz CT molecular complexity index is 399. The van der Waals surface area contributed by atoms with E-state index in [-0.39, 0.29) is 12.0 Å². The van der Waals surface area contributed by atoms with Crippen molar-refractivity contribution in [3.63, 3.8) is 0 Å². The number of aliphatic hydroxyl groups is 1. The minimum absolute atomic E-state index is 0.180. The maximum Gasteiger partial charge on any atom is 0.0677 e. The van der Waals surface area contributed by atoms with Crippen LogP contribution in [0.3, 0.4) is 0 Å². The molecule has 1 aromatic rings. The highest BCUT2D eigenvalue weighted by atomic mass is 16.3. The number of hydrogen-bond acceptors (Lipinski definition) is 1. The predicted octanol–water partition coefficient (Wildman–Crippen LogP) is 3.56. The topological polar surface area (TPSA) is 20.2 Å². The van der Waals surface area contributed by atoms with Crippen LogP contribution in [-0.4, -0.2) is 11.2 Å². The van der Waals surface area contributed by atoms with Gasteiger partial charge >= 0.3 is 0 Å². The van der Waals surface area contributed by atoms with Crippen molar-refractivity contribution in [2.45, 2.75) is 51.0 Å². The summed E-state index contributed by atoms with van der Waals surface area (Å²) in [5.41, 5.74) is 1.39. The number of aliphatic hydroxyl groups excluding tert-OH is 1. The number of unbranched alkanes of at least 4 members (excludes halogenated alkanes) is 1. The first-order chi connectivity index (χ1) is 8.86. The fourth-order valence-corrected chi connectivity index (χ4v) is 2.51. The van der Waals surface area contributed by atoms with E-state index in [1.165, 1.54) is 12.0 Å². The van der Waals surface area contributed by atoms with Crippen molar-refractivity contribution in [3.8, 4) is 11.8 Å². The Hall–Kier alpha value is -1.26. The Kier molecular flexibility index (Phi) is 5.30. The molecule has 2 atom stereocenters. The highest BCUT2D eigenvalue weighted by Crippen LogP contribution is 2.23. The molecule has 0 unspecified atom stereocenters. The third kappa shape index (κ3) is 4.20. The van der Waals surface area contributed by atoms with Gasteiger partial charge in [0.2, 0.25) is 0 Å². The van der Waals surface area contributed by atoms with Crippen LogP contribution in [0.15, 0.2) is 30.3 Å². The lowest BCUT2D eigenvalue weighted by Crippen LogP contribution is -2.22. The standard InChI is InChI=1S/C17H22O/c18-17-14-8-7-13-16(17)12-6-2-5-11-15-9-3-1-4-10-15/h1,3-4,9-10,16-18H,2,5,7-8,11,13-14H2/t16-,17-/m1/s1. The molecule has 18 heavy (non-hydrogen) atoms. The van der Waals surface area contributed by atoms with Crippen molar-refractivity contribution in [1.82, 2.24) is 0 Å². The summed E-state index contributed by atoms with van der Waals surface area (Å²) in [5.74, 6) is 6.74. The van der Waals surface area contributed by atoms with Gasteiger partial charge in [-0.25, -0.2) is 0 Å². The van der Waals surface area contributed by atoms with Crippen molar-refractivity contribution in [3.05, 3.63) is 35.9 Å². The summed E-state index contributed by atoms with van der Waals surface area (Å²) < 4.78 is 0. The van der Waals surface area contributed by atoms with Gasteiger partial charge < -0.3 is 5.11 Å². The maximum absolute atomic E-state index is 9.80. The first-order valence-corrected chi connectivity index (χ1v) is 7.06. The Morgan fingerprint density at radius 1 is 1.11 bits per heavy atom. The lowest BCUT2D eigenvalue weighted by atomic mass is 9.87. The summed E-state index contributed by atoms with van der Waals surface area (Å²) in [6, 6.07) is 10.5. The Morgan fingerprint density at radius 2 is 1.89 bits per heavy atom. The molecule has 0 spiro atoms. The second-order valence-electron chi connectivity index (χ2n) is 5.12. The van der Waals surface area contributed by atoms with E-state index in [1.54, 1.807) is 0 Å².